The second-order valence-electron chi connectivity index (χ2n) is 8.24. The van der Waals surface area contributed by atoms with Crippen LogP contribution in [0.5, 0.6) is 5.75 Å². The Kier molecular flexibility index (Phi) is 5.67. The van der Waals surface area contributed by atoms with Gasteiger partial charge in [0.25, 0.3) is 5.91 Å². The van der Waals surface area contributed by atoms with Gasteiger partial charge in [0.15, 0.2) is 11.5 Å². The number of methoxy groups -OCH3 is 1. The number of aromatic nitrogens is 1. The van der Waals surface area contributed by atoms with E-state index >= 15 is 0 Å². The first-order valence-electron chi connectivity index (χ1n) is 11.1. The molecule has 1 aliphatic rings. The number of hydrogen-bond acceptors (Lipinski definition) is 5. The smallest absolute Gasteiger partial charge is 0.290 e. The minimum atomic E-state index is -0.779. The summed E-state index contributed by atoms with van der Waals surface area (Å²) in [5.74, 6) is -0.211. The number of H-pyrrole nitrogens is 1. The molecule has 7 heteroatoms. The van der Waals surface area contributed by atoms with Crippen molar-refractivity contribution in [3.8, 4) is 5.75 Å². The van der Waals surface area contributed by atoms with E-state index in [4.69, 9.17) is 9.15 Å². The van der Waals surface area contributed by atoms with Crippen molar-refractivity contribution in [3.63, 3.8) is 0 Å². The number of nitrogens with zero attached hydrogens (tertiary/aromatic N) is 1. The van der Waals surface area contributed by atoms with Crippen molar-refractivity contribution in [1.82, 2.24) is 9.88 Å². The van der Waals surface area contributed by atoms with Crippen molar-refractivity contribution in [2.75, 3.05) is 13.7 Å². The molecule has 1 aliphatic heterocycles. The van der Waals surface area contributed by atoms with Gasteiger partial charge in [0.2, 0.25) is 0 Å². The van der Waals surface area contributed by atoms with Gasteiger partial charge in [0.1, 0.15) is 17.6 Å². The Hall–Kier alpha value is -4.26. The van der Waals surface area contributed by atoms with E-state index in [1.165, 1.54) is 11.2 Å². The fourth-order valence-corrected chi connectivity index (χ4v) is 4.52. The van der Waals surface area contributed by atoms with Crippen LogP contribution in [0.3, 0.4) is 0 Å². The zero-order valence-corrected chi connectivity index (χ0v) is 18.7. The lowest BCUT2D eigenvalue weighted by molar-refractivity contribution is -0.129. The van der Waals surface area contributed by atoms with Crippen LogP contribution in [0.25, 0.3) is 10.9 Å². The molecule has 2 aromatic heterocycles. The van der Waals surface area contributed by atoms with Crippen LogP contribution < -0.4 is 4.74 Å². The van der Waals surface area contributed by atoms with E-state index in [1.54, 1.807) is 19.2 Å². The van der Waals surface area contributed by atoms with Gasteiger partial charge in [-0.25, -0.2) is 0 Å². The standard InChI is InChI=1S/C27H24N2O5/c1-33-19-9-10-21-20(15-19)18(16-28-21)11-12-29-25(23-8-5-13-34-23)24(26(31)27(29)32)22(30)14-17-6-3-2-4-7-17/h2-10,13,15-16,25,28,31H,11-12,14H2,1H3/t25-/m0/s1. The molecule has 0 bridgehead atoms. The van der Waals surface area contributed by atoms with Gasteiger partial charge in [0, 0.05) is 30.1 Å². The number of aliphatic hydroxyl groups is 1. The number of ether oxygens (including phenoxy) is 1. The van der Waals surface area contributed by atoms with E-state index in [2.05, 4.69) is 4.98 Å². The number of rotatable bonds is 8. The second-order valence-corrected chi connectivity index (χ2v) is 8.24. The molecule has 1 amide bonds. The minimum Gasteiger partial charge on any atom is -0.503 e. The predicted octanol–water partition coefficient (Wildman–Crippen LogP) is 4.52. The first kappa shape index (κ1) is 21.6. The maximum absolute atomic E-state index is 13.2. The van der Waals surface area contributed by atoms with Gasteiger partial charge in [0.05, 0.1) is 18.9 Å². The number of aromatic amines is 1. The summed E-state index contributed by atoms with van der Waals surface area (Å²) in [6, 6.07) is 17.7. The van der Waals surface area contributed by atoms with Crippen LogP contribution in [-0.4, -0.2) is 40.3 Å². The monoisotopic (exact) mass is 456 g/mol. The van der Waals surface area contributed by atoms with Gasteiger partial charge >= 0.3 is 0 Å². The maximum Gasteiger partial charge on any atom is 0.290 e. The lowest BCUT2D eigenvalue weighted by atomic mass is 9.96. The number of ketones is 1. The summed E-state index contributed by atoms with van der Waals surface area (Å²) in [4.78, 5) is 31.1. The van der Waals surface area contributed by atoms with Gasteiger partial charge in [-0.2, -0.15) is 0 Å². The third-order valence-corrected chi connectivity index (χ3v) is 6.22. The van der Waals surface area contributed by atoms with E-state index in [9.17, 15) is 14.7 Å². The topological polar surface area (TPSA) is 95.8 Å². The van der Waals surface area contributed by atoms with Gasteiger partial charge < -0.3 is 24.1 Å². The average molecular weight is 456 g/mol. The normalized spacial score (nSPS) is 16.0. The van der Waals surface area contributed by atoms with Crippen LogP contribution in [0.2, 0.25) is 0 Å². The van der Waals surface area contributed by atoms with E-state index in [-0.39, 0.29) is 17.8 Å². The highest BCUT2D eigenvalue weighted by Gasteiger charge is 2.44. The average Bonchev–Trinajstić information content (AvgIpc) is 3.58. The Balaban J connectivity index is 1.43. The molecule has 2 N–H and O–H groups in total. The molecule has 4 aromatic rings. The molecule has 0 spiro atoms. The molecule has 0 radical (unpaired) electrons. The number of nitrogens with one attached hydrogen (secondary N) is 1. The molecule has 0 saturated heterocycles. The number of carbonyl (C=O) groups excluding carboxylic acids is 2. The lowest BCUT2D eigenvalue weighted by Crippen LogP contribution is -2.33. The SMILES string of the molecule is COc1ccc2[nH]cc(CCN3C(=O)C(O)=C(C(=O)Cc4ccccc4)[C@@H]3c3ccco3)c2c1. The van der Waals surface area contributed by atoms with E-state index in [0.29, 0.717) is 18.7 Å². The number of aliphatic hydroxyl groups excluding tert-OH is 1. The molecule has 0 aliphatic carbocycles. The molecule has 0 fully saturated rings. The Labute approximate surface area is 196 Å². The number of amides is 1. The predicted molar refractivity (Wildman–Crippen MR) is 127 cm³/mol. The van der Waals surface area contributed by atoms with Gasteiger partial charge in [-0.05, 0) is 47.9 Å². The Morgan fingerprint density at radius 2 is 1.97 bits per heavy atom. The van der Waals surface area contributed by atoms with Gasteiger partial charge in [-0.3, -0.25) is 9.59 Å². The molecule has 5 rings (SSSR count). The lowest BCUT2D eigenvalue weighted by Gasteiger charge is -2.24. The van der Waals surface area contributed by atoms with Crippen molar-refractivity contribution < 1.29 is 23.8 Å². The van der Waals surface area contributed by atoms with Crippen molar-refractivity contribution in [1.29, 1.82) is 0 Å². The zero-order chi connectivity index (χ0) is 23.7. The van der Waals surface area contributed by atoms with Crippen LogP contribution >= 0.6 is 0 Å². The molecule has 0 unspecified atom stereocenters. The first-order valence-corrected chi connectivity index (χ1v) is 11.1. The third-order valence-electron chi connectivity index (χ3n) is 6.22. The number of Topliss-reactive ketones (excluding diaryl/α,β-unsaturated/α-hetero) is 1. The van der Waals surface area contributed by atoms with Crippen molar-refractivity contribution in [2.24, 2.45) is 0 Å². The fourth-order valence-electron chi connectivity index (χ4n) is 4.52. The number of furan rings is 1. The highest BCUT2D eigenvalue weighted by Crippen LogP contribution is 2.38. The molecule has 3 heterocycles. The molecular formula is C27H24N2O5. The quantitative estimate of drug-likeness (QED) is 0.406. The van der Waals surface area contributed by atoms with Crippen LogP contribution in [0.1, 0.15) is 22.9 Å². The number of hydrogen-bond donors (Lipinski definition) is 2. The van der Waals surface area contributed by atoms with Crippen LogP contribution in [0.4, 0.5) is 0 Å². The zero-order valence-electron chi connectivity index (χ0n) is 18.7. The highest BCUT2D eigenvalue weighted by molar-refractivity contribution is 6.09. The van der Waals surface area contributed by atoms with Crippen LogP contribution in [0, 0.1) is 0 Å². The maximum atomic E-state index is 13.2. The summed E-state index contributed by atoms with van der Waals surface area (Å²) in [6.07, 6.45) is 4.00. The number of fused-ring (bicyclic) bond motifs is 1. The molecule has 2 aromatic carbocycles. The van der Waals surface area contributed by atoms with Crippen molar-refractivity contribution in [2.45, 2.75) is 18.9 Å². The summed E-state index contributed by atoms with van der Waals surface area (Å²) in [5, 5.41) is 11.7. The van der Waals surface area contributed by atoms with E-state index < -0.39 is 17.7 Å². The fraction of sp³-hybridized carbons (Fsp3) is 0.185. The second kappa shape index (κ2) is 8.94. The highest BCUT2D eigenvalue weighted by atomic mass is 16.5. The Bertz CT molecular complexity index is 1370. The molecule has 0 saturated carbocycles. The third kappa shape index (κ3) is 3.85. The molecule has 1 atom stereocenters. The van der Waals surface area contributed by atoms with Crippen LogP contribution in [0.15, 0.2) is 88.9 Å². The molecular weight excluding hydrogens is 432 g/mol. The summed E-state index contributed by atoms with van der Waals surface area (Å²) < 4.78 is 10.9. The van der Waals surface area contributed by atoms with E-state index in [0.717, 1.165) is 27.8 Å². The Morgan fingerprint density at radius 1 is 1.15 bits per heavy atom. The summed E-state index contributed by atoms with van der Waals surface area (Å²) >= 11 is 0. The van der Waals surface area contributed by atoms with E-state index in [1.807, 2.05) is 54.7 Å². The number of benzene rings is 2. The van der Waals surface area contributed by atoms with Crippen LogP contribution in [-0.2, 0) is 22.4 Å². The van der Waals surface area contributed by atoms with Gasteiger partial charge in [-0.15, -0.1) is 0 Å². The largest absolute Gasteiger partial charge is 0.503 e. The molecule has 7 nitrogen and oxygen atoms in total. The minimum absolute atomic E-state index is 0.0735. The van der Waals surface area contributed by atoms with Gasteiger partial charge in [-0.1, -0.05) is 30.3 Å². The summed E-state index contributed by atoms with van der Waals surface area (Å²) in [5.41, 5.74) is 2.85. The van der Waals surface area contributed by atoms with Crippen molar-refractivity contribution in [3.05, 3.63) is 101 Å². The summed E-state index contributed by atoms with van der Waals surface area (Å²) in [7, 11) is 1.62. The summed E-state index contributed by atoms with van der Waals surface area (Å²) in [6.45, 7) is 0.292. The molecule has 34 heavy (non-hydrogen) atoms. The molecule has 172 valence electrons. The Morgan fingerprint density at radius 3 is 2.71 bits per heavy atom. The first-order chi connectivity index (χ1) is 16.6. The number of carbonyl (C=O) groups is 2. The van der Waals surface area contributed by atoms with Crippen molar-refractivity contribution >= 4 is 22.6 Å².